The number of hydrogen-bond donors (Lipinski definition) is 2. The molecule has 2 aliphatic rings. The summed E-state index contributed by atoms with van der Waals surface area (Å²) in [5, 5.41) is 23.8. The van der Waals surface area contributed by atoms with E-state index in [0.717, 1.165) is 43.2 Å². The number of likely N-dealkylation sites (tertiary alicyclic amines) is 1. The number of carboxylic acids is 1. The summed E-state index contributed by atoms with van der Waals surface area (Å²) >= 11 is 0. The molecule has 2 fully saturated rings. The molecule has 2 aromatic rings. The van der Waals surface area contributed by atoms with E-state index in [9.17, 15) is 20.0 Å². The minimum atomic E-state index is -0.957. The van der Waals surface area contributed by atoms with E-state index in [1.165, 1.54) is 0 Å². The lowest BCUT2D eigenvalue weighted by molar-refractivity contribution is -0.154. The predicted octanol–water partition coefficient (Wildman–Crippen LogP) is 5.30. The van der Waals surface area contributed by atoms with E-state index in [1.807, 2.05) is 48.5 Å². The Labute approximate surface area is 214 Å². The second-order valence-electron chi connectivity index (χ2n) is 11.3. The average molecular weight is 488 g/mol. The number of aliphatic carboxylic acids is 1. The quantitative estimate of drug-likeness (QED) is 0.577. The first-order valence-electron chi connectivity index (χ1n) is 13.1. The zero-order chi connectivity index (χ0) is 25.9. The molecule has 190 valence electrons. The van der Waals surface area contributed by atoms with Gasteiger partial charge in [-0.15, -0.1) is 0 Å². The number of amides is 1. The highest BCUT2D eigenvalue weighted by Gasteiger charge is 2.58. The van der Waals surface area contributed by atoms with Crippen molar-refractivity contribution in [2.75, 3.05) is 0 Å². The zero-order valence-electron chi connectivity index (χ0n) is 21.5. The van der Waals surface area contributed by atoms with Crippen molar-refractivity contribution >= 4 is 11.9 Å². The summed E-state index contributed by atoms with van der Waals surface area (Å²) in [6.07, 6.45) is 4.77. The smallest absolute Gasteiger partial charge is 0.326 e. The van der Waals surface area contributed by atoms with Gasteiger partial charge in [0.15, 0.2) is 0 Å². The van der Waals surface area contributed by atoms with Gasteiger partial charge >= 0.3 is 5.97 Å². The third kappa shape index (κ3) is 5.17. The number of benzene rings is 2. The Bertz CT molecular complexity index is 1110. The highest BCUT2D eigenvalue weighted by Crippen LogP contribution is 2.49. The van der Waals surface area contributed by atoms with Gasteiger partial charge in [0.2, 0.25) is 5.91 Å². The lowest BCUT2D eigenvalue weighted by Gasteiger charge is -2.36. The van der Waals surface area contributed by atoms with Gasteiger partial charge in [0.05, 0.1) is 17.7 Å². The molecule has 1 amide bonds. The topological polar surface area (TPSA) is 93.4 Å². The molecule has 1 saturated carbocycles. The fourth-order valence-electron chi connectivity index (χ4n) is 6.30. The van der Waals surface area contributed by atoms with Crippen LogP contribution in [0.1, 0.15) is 75.6 Å². The highest BCUT2D eigenvalue weighted by molar-refractivity contribution is 5.87. The largest absolute Gasteiger partial charge is 0.480 e. The molecule has 1 aliphatic carbocycles. The molecule has 0 bridgehead atoms. The Balaban J connectivity index is 1.80. The van der Waals surface area contributed by atoms with E-state index in [1.54, 1.807) is 11.0 Å². The van der Waals surface area contributed by atoms with Crippen molar-refractivity contribution in [3.63, 3.8) is 0 Å². The van der Waals surface area contributed by atoms with Crippen LogP contribution in [-0.2, 0) is 16.1 Å². The van der Waals surface area contributed by atoms with Crippen LogP contribution in [0.5, 0.6) is 0 Å². The second-order valence-corrected chi connectivity index (χ2v) is 11.3. The number of carbonyl (C=O) groups is 2. The van der Waals surface area contributed by atoms with Crippen LogP contribution in [0.4, 0.5) is 0 Å². The average Bonchev–Trinajstić information content (AvgIpc) is 3.24. The Kier molecular flexibility index (Phi) is 7.80. The van der Waals surface area contributed by atoms with Crippen LogP contribution in [0.3, 0.4) is 0 Å². The fraction of sp³-hybridized carbons (Fsp3) is 0.500. The molecule has 36 heavy (non-hydrogen) atoms. The van der Waals surface area contributed by atoms with Crippen molar-refractivity contribution in [1.82, 2.24) is 10.2 Å². The third-order valence-corrected chi connectivity index (χ3v) is 7.94. The maximum absolute atomic E-state index is 14.1. The molecule has 6 heteroatoms. The van der Waals surface area contributed by atoms with Crippen LogP contribution in [-0.4, -0.2) is 34.0 Å². The molecule has 0 radical (unpaired) electrons. The predicted molar refractivity (Wildman–Crippen MR) is 139 cm³/mol. The van der Waals surface area contributed by atoms with E-state index < -0.39 is 18.1 Å². The van der Waals surface area contributed by atoms with Crippen molar-refractivity contribution in [3.8, 4) is 6.07 Å². The number of nitriles is 1. The maximum Gasteiger partial charge on any atom is 0.326 e. The van der Waals surface area contributed by atoms with Crippen LogP contribution in [0.15, 0.2) is 54.6 Å². The van der Waals surface area contributed by atoms with Gasteiger partial charge in [-0.1, -0.05) is 88.6 Å². The molecule has 0 spiro atoms. The number of rotatable bonds is 6. The number of nitrogens with one attached hydrogen (secondary N) is 1. The standard InChI is InChI=1S/C30H37N3O3/c1-30(2,3)24-25(32-19-23-17-11-10-16-22(23)18-31)26(20-12-6-4-7-13-20)33(27(24)29(35)36)28(34)21-14-8-5-9-15-21/h4,6-7,10-13,16-17,21,24-27,32H,5,8-9,14-15,19H2,1-3H3,(H,35,36). The SMILES string of the molecule is CC(C)(C)C1C(NCc2ccccc2C#N)C(c2ccccc2)N(C(=O)C2CCCCC2)C1C(=O)O. The summed E-state index contributed by atoms with van der Waals surface area (Å²) in [6.45, 7) is 6.59. The second kappa shape index (κ2) is 10.8. The number of carbonyl (C=O) groups excluding carboxylic acids is 1. The number of carboxylic acid groups (broad SMARTS) is 1. The van der Waals surface area contributed by atoms with Crippen LogP contribution >= 0.6 is 0 Å². The fourth-order valence-corrected chi connectivity index (χ4v) is 6.30. The van der Waals surface area contributed by atoms with Crippen molar-refractivity contribution in [2.24, 2.45) is 17.3 Å². The summed E-state index contributed by atoms with van der Waals surface area (Å²) in [7, 11) is 0. The van der Waals surface area contributed by atoms with E-state index in [-0.39, 0.29) is 29.2 Å². The van der Waals surface area contributed by atoms with Crippen LogP contribution in [0.25, 0.3) is 0 Å². The lowest BCUT2D eigenvalue weighted by Crippen LogP contribution is -2.49. The number of nitrogens with zero attached hydrogens (tertiary/aromatic N) is 2. The summed E-state index contributed by atoms with van der Waals surface area (Å²) < 4.78 is 0. The molecule has 2 aromatic carbocycles. The molecule has 1 saturated heterocycles. The molecule has 4 atom stereocenters. The van der Waals surface area contributed by atoms with Gasteiger partial charge in [0.1, 0.15) is 6.04 Å². The van der Waals surface area contributed by atoms with Crippen molar-refractivity contribution in [1.29, 1.82) is 5.26 Å². The van der Waals surface area contributed by atoms with Crippen molar-refractivity contribution in [2.45, 2.75) is 77.5 Å². The first-order valence-corrected chi connectivity index (χ1v) is 13.1. The Morgan fingerprint density at radius 2 is 1.67 bits per heavy atom. The zero-order valence-corrected chi connectivity index (χ0v) is 21.5. The summed E-state index contributed by atoms with van der Waals surface area (Å²) in [4.78, 5) is 28.7. The molecular formula is C30H37N3O3. The van der Waals surface area contributed by atoms with Crippen molar-refractivity contribution < 1.29 is 14.7 Å². The summed E-state index contributed by atoms with van der Waals surface area (Å²) in [5.41, 5.74) is 2.01. The number of hydrogen-bond acceptors (Lipinski definition) is 4. The lowest BCUT2D eigenvalue weighted by atomic mass is 9.72. The maximum atomic E-state index is 14.1. The molecule has 1 aliphatic heterocycles. The molecular weight excluding hydrogens is 450 g/mol. The Morgan fingerprint density at radius 1 is 1.03 bits per heavy atom. The van der Waals surface area contributed by atoms with Gasteiger partial charge in [-0.05, 0) is 35.4 Å². The molecule has 6 nitrogen and oxygen atoms in total. The minimum absolute atomic E-state index is 0.0353. The van der Waals surface area contributed by atoms with Gasteiger partial charge in [-0.2, -0.15) is 5.26 Å². The monoisotopic (exact) mass is 487 g/mol. The first-order chi connectivity index (χ1) is 17.2. The van der Waals surface area contributed by atoms with Crippen LogP contribution in [0, 0.1) is 28.6 Å². The summed E-state index contributed by atoms with van der Waals surface area (Å²) in [6, 6.07) is 17.9. The Morgan fingerprint density at radius 3 is 2.28 bits per heavy atom. The van der Waals surface area contributed by atoms with Gasteiger partial charge in [-0.25, -0.2) is 4.79 Å². The molecule has 4 rings (SSSR count). The minimum Gasteiger partial charge on any atom is -0.480 e. The Hall–Kier alpha value is -3.17. The summed E-state index contributed by atoms with van der Waals surface area (Å²) in [5.74, 6) is -1.46. The van der Waals surface area contributed by atoms with Gasteiger partial charge in [-0.3, -0.25) is 4.79 Å². The molecule has 2 N–H and O–H groups in total. The normalized spacial score (nSPS) is 24.9. The van der Waals surface area contributed by atoms with Crippen molar-refractivity contribution in [3.05, 3.63) is 71.3 Å². The third-order valence-electron chi connectivity index (χ3n) is 7.94. The van der Waals surface area contributed by atoms with E-state index in [2.05, 4.69) is 32.2 Å². The molecule has 4 unspecified atom stereocenters. The van der Waals surface area contributed by atoms with Crippen LogP contribution in [0.2, 0.25) is 0 Å². The first kappa shape index (κ1) is 25.9. The van der Waals surface area contributed by atoms with Gasteiger partial charge in [0, 0.05) is 24.4 Å². The molecule has 0 aromatic heterocycles. The van der Waals surface area contributed by atoms with Gasteiger partial charge in [0.25, 0.3) is 0 Å². The van der Waals surface area contributed by atoms with Gasteiger partial charge < -0.3 is 15.3 Å². The van der Waals surface area contributed by atoms with Crippen LogP contribution < -0.4 is 5.32 Å². The van der Waals surface area contributed by atoms with E-state index >= 15 is 0 Å². The van der Waals surface area contributed by atoms with E-state index in [4.69, 9.17) is 0 Å². The van der Waals surface area contributed by atoms with E-state index in [0.29, 0.717) is 12.1 Å². The molecule has 1 heterocycles. The highest BCUT2D eigenvalue weighted by atomic mass is 16.4.